The average molecular weight is 253 g/mol. The highest BCUT2D eigenvalue weighted by molar-refractivity contribution is 5.85. The normalized spacial score (nSPS) is 25.2. The van der Waals surface area contributed by atoms with Crippen LogP contribution >= 0.6 is 0 Å². The van der Waals surface area contributed by atoms with Crippen LogP contribution in [0.3, 0.4) is 0 Å². The summed E-state index contributed by atoms with van der Waals surface area (Å²) in [7, 11) is 0. The Morgan fingerprint density at radius 2 is 2.22 bits per heavy atom. The van der Waals surface area contributed by atoms with Gasteiger partial charge in [0, 0.05) is 32.6 Å². The second kappa shape index (κ2) is 6.18. The topological polar surface area (TPSA) is 45.1 Å². The Hall–Kier alpha value is -1.10. The van der Waals surface area contributed by atoms with E-state index in [1.54, 1.807) is 0 Å². The van der Waals surface area contributed by atoms with Crippen LogP contribution < -0.4 is 0 Å². The molecule has 2 heterocycles. The van der Waals surface area contributed by atoms with Gasteiger partial charge in [-0.3, -0.25) is 9.69 Å². The van der Waals surface area contributed by atoms with Gasteiger partial charge in [0.1, 0.15) is 6.10 Å². The van der Waals surface area contributed by atoms with Crippen molar-refractivity contribution >= 4 is 11.6 Å². The van der Waals surface area contributed by atoms with Crippen molar-refractivity contribution in [2.24, 2.45) is 5.16 Å². The summed E-state index contributed by atoms with van der Waals surface area (Å²) in [5.41, 5.74) is 1.14. The van der Waals surface area contributed by atoms with Crippen LogP contribution in [0.4, 0.5) is 0 Å². The number of hydrogen-bond acceptors (Lipinski definition) is 4. The van der Waals surface area contributed by atoms with E-state index >= 15 is 0 Å². The third kappa shape index (κ3) is 3.22. The van der Waals surface area contributed by atoms with E-state index in [2.05, 4.69) is 23.9 Å². The zero-order valence-electron chi connectivity index (χ0n) is 11.4. The van der Waals surface area contributed by atoms with Gasteiger partial charge in [-0.2, -0.15) is 0 Å². The van der Waals surface area contributed by atoms with Gasteiger partial charge in [-0.05, 0) is 12.8 Å². The summed E-state index contributed by atoms with van der Waals surface area (Å²) in [4.78, 5) is 21.4. The predicted octanol–water partition coefficient (Wildman–Crippen LogP) is 1.10. The van der Waals surface area contributed by atoms with E-state index in [1.807, 2.05) is 4.90 Å². The summed E-state index contributed by atoms with van der Waals surface area (Å²) in [5, 5.41) is 4.06. The van der Waals surface area contributed by atoms with Crippen molar-refractivity contribution < 1.29 is 9.63 Å². The smallest absolute Gasteiger partial charge is 0.236 e. The molecule has 1 saturated heterocycles. The van der Waals surface area contributed by atoms with Crippen LogP contribution in [-0.2, 0) is 9.63 Å². The number of piperazine rings is 1. The van der Waals surface area contributed by atoms with E-state index in [4.69, 9.17) is 4.84 Å². The van der Waals surface area contributed by atoms with Gasteiger partial charge in [-0.15, -0.1) is 0 Å². The fourth-order valence-electron chi connectivity index (χ4n) is 2.50. The van der Waals surface area contributed by atoms with Gasteiger partial charge < -0.3 is 9.74 Å². The number of hydrogen-bond donors (Lipinski definition) is 0. The molecule has 2 aliphatic heterocycles. The van der Waals surface area contributed by atoms with Crippen molar-refractivity contribution in [3.63, 3.8) is 0 Å². The molecule has 0 spiro atoms. The lowest BCUT2D eigenvalue weighted by molar-refractivity contribution is -0.136. The van der Waals surface area contributed by atoms with E-state index in [0.717, 1.165) is 51.2 Å². The van der Waals surface area contributed by atoms with Crippen molar-refractivity contribution in [2.45, 2.75) is 39.2 Å². The summed E-state index contributed by atoms with van der Waals surface area (Å²) in [6.45, 7) is 8.23. The van der Waals surface area contributed by atoms with Gasteiger partial charge in [-0.25, -0.2) is 0 Å². The van der Waals surface area contributed by atoms with Crippen LogP contribution in [0.5, 0.6) is 0 Å². The number of amides is 1. The first-order valence-corrected chi connectivity index (χ1v) is 6.94. The van der Waals surface area contributed by atoms with Crippen molar-refractivity contribution in [3.8, 4) is 0 Å². The molecule has 0 saturated carbocycles. The zero-order chi connectivity index (χ0) is 13.0. The molecule has 0 aromatic heterocycles. The lowest BCUT2D eigenvalue weighted by atomic mass is 10.1. The van der Waals surface area contributed by atoms with Gasteiger partial charge in [0.15, 0.2) is 0 Å². The third-order valence-corrected chi connectivity index (χ3v) is 3.56. The molecule has 0 N–H and O–H groups in total. The Bertz CT molecular complexity index is 330. The van der Waals surface area contributed by atoms with E-state index in [0.29, 0.717) is 6.54 Å². The maximum atomic E-state index is 11.9. The number of carbonyl (C=O) groups excluding carboxylic acids is 1. The van der Waals surface area contributed by atoms with E-state index in [1.165, 1.54) is 0 Å². The Morgan fingerprint density at radius 3 is 2.83 bits per heavy atom. The molecule has 1 amide bonds. The van der Waals surface area contributed by atoms with Gasteiger partial charge in [0.05, 0.1) is 12.3 Å². The summed E-state index contributed by atoms with van der Waals surface area (Å²) < 4.78 is 0. The van der Waals surface area contributed by atoms with E-state index in [9.17, 15) is 4.79 Å². The second-order valence-electron chi connectivity index (χ2n) is 5.06. The molecule has 0 aliphatic carbocycles. The van der Waals surface area contributed by atoms with Crippen molar-refractivity contribution in [2.75, 3.05) is 32.7 Å². The zero-order valence-corrected chi connectivity index (χ0v) is 11.4. The molecular weight excluding hydrogens is 230 g/mol. The fourth-order valence-corrected chi connectivity index (χ4v) is 2.50. The van der Waals surface area contributed by atoms with Crippen LogP contribution in [0.25, 0.3) is 0 Å². The monoisotopic (exact) mass is 253 g/mol. The molecule has 5 nitrogen and oxygen atoms in total. The molecule has 18 heavy (non-hydrogen) atoms. The Labute approximate surface area is 109 Å². The highest BCUT2D eigenvalue weighted by Gasteiger charge is 2.28. The first-order chi connectivity index (χ1) is 8.72. The lowest BCUT2D eigenvalue weighted by Gasteiger charge is -2.34. The molecule has 0 aromatic carbocycles. The van der Waals surface area contributed by atoms with Gasteiger partial charge in [0.25, 0.3) is 0 Å². The lowest BCUT2D eigenvalue weighted by Crippen LogP contribution is -2.52. The van der Waals surface area contributed by atoms with Crippen molar-refractivity contribution in [3.05, 3.63) is 0 Å². The summed E-state index contributed by atoms with van der Waals surface area (Å²) in [6, 6.07) is 0. The summed E-state index contributed by atoms with van der Waals surface area (Å²) >= 11 is 0. The number of rotatable bonds is 5. The van der Waals surface area contributed by atoms with Crippen LogP contribution in [0, 0.1) is 0 Å². The molecule has 0 radical (unpaired) electrons. The number of nitrogens with zero attached hydrogens (tertiary/aromatic N) is 3. The first kappa shape index (κ1) is 13.3. The van der Waals surface area contributed by atoms with Crippen LogP contribution in [-0.4, -0.2) is 60.2 Å². The number of carbonyl (C=O) groups is 1. The standard InChI is InChI=1S/C13H23N3O2/c1-3-5-16-7-6-15(10-13(16)17)9-12-8-11(4-2)14-18-12/h12H,3-10H2,1-2H3. The SMILES string of the molecule is CCCN1CCN(CC2CC(CC)=NO2)CC1=O. The van der Waals surface area contributed by atoms with E-state index < -0.39 is 0 Å². The molecule has 102 valence electrons. The first-order valence-electron chi connectivity index (χ1n) is 6.94. The maximum Gasteiger partial charge on any atom is 0.236 e. The highest BCUT2D eigenvalue weighted by Crippen LogP contribution is 2.15. The minimum absolute atomic E-state index is 0.144. The van der Waals surface area contributed by atoms with E-state index in [-0.39, 0.29) is 12.0 Å². The molecule has 2 aliphatic rings. The van der Waals surface area contributed by atoms with Crippen molar-refractivity contribution in [1.29, 1.82) is 0 Å². The molecule has 0 bridgehead atoms. The molecule has 1 unspecified atom stereocenters. The Morgan fingerprint density at radius 1 is 1.39 bits per heavy atom. The Balaban J connectivity index is 1.75. The predicted molar refractivity (Wildman–Crippen MR) is 70.5 cm³/mol. The van der Waals surface area contributed by atoms with Gasteiger partial charge in [0.2, 0.25) is 5.91 Å². The summed E-state index contributed by atoms with van der Waals surface area (Å²) in [6.07, 6.45) is 3.05. The Kier molecular flexibility index (Phi) is 4.58. The molecule has 0 aromatic rings. The second-order valence-corrected chi connectivity index (χ2v) is 5.06. The average Bonchev–Trinajstić information content (AvgIpc) is 2.80. The molecule has 1 atom stereocenters. The number of oxime groups is 1. The maximum absolute atomic E-state index is 11.9. The largest absolute Gasteiger partial charge is 0.391 e. The molecule has 2 rings (SSSR count). The van der Waals surface area contributed by atoms with Crippen molar-refractivity contribution in [1.82, 2.24) is 9.80 Å². The summed E-state index contributed by atoms with van der Waals surface area (Å²) in [5.74, 6) is 0.248. The molecule has 5 heteroatoms. The molecular formula is C13H23N3O2. The highest BCUT2D eigenvalue weighted by atomic mass is 16.6. The van der Waals surface area contributed by atoms with Crippen LogP contribution in [0.2, 0.25) is 0 Å². The van der Waals surface area contributed by atoms with Crippen LogP contribution in [0.15, 0.2) is 5.16 Å². The minimum Gasteiger partial charge on any atom is -0.391 e. The molecule has 1 fully saturated rings. The van der Waals surface area contributed by atoms with Crippen LogP contribution in [0.1, 0.15) is 33.1 Å². The fraction of sp³-hybridized carbons (Fsp3) is 0.846. The van der Waals surface area contributed by atoms with Gasteiger partial charge in [-0.1, -0.05) is 19.0 Å². The minimum atomic E-state index is 0.144. The van der Waals surface area contributed by atoms with Gasteiger partial charge >= 0.3 is 0 Å². The quantitative estimate of drug-likeness (QED) is 0.737. The third-order valence-electron chi connectivity index (χ3n) is 3.56.